The van der Waals surface area contributed by atoms with E-state index >= 15 is 0 Å². The molecule has 0 bridgehead atoms. The highest BCUT2D eigenvalue weighted by Crippen LogP contribution is 2.26. The van der Waals surface area contributed by atoms with Gasteiger partial charge in [0.25, 0.3) is 15.9 Å². The molecule has 0 aliphatic rings. The van der Waals surface area contributed by atoms with Crippen molar-refractivity contribution in [2.75, 3.05) is 11.3 Å². The number of anilines is 1. The van der Waals surface area contributed by atoms with Crippen molar-refractivity contribution in [1.29, 1.82) is 0 Å². The van der Waals surface area contributed by atoms with Crippen LogP contribution >= 0.6 is 11.6 Å². The van der Waals surface area contributed by atoms with Gasteiger partial charge in [-0.1, -0.05) is 29.8 Å². The van der Waals surface area contributed by atoms with Crippen molar-refractivity contribution in [2.45, 2.75) is 4.90 Å². The Bertz CT molecular complexity index is 885. The fourth-order valence-corrected chi connectivity index (χ4v) is 3.54. The average Bonchev–Trinajstić information content (AvgIpc) is 2.52. The second kappa shape index (κ2) is 7.46. The lowest BCUT2D eigenvalue weighted by Gasteiger charge is -2.13. The van der Waals surface area contributed by atoms with Crippen molar-refractivity contribution in [1.82, 2.24) is 5.32 Å². The van der Waals surface area contributed by atoms with Crippen molar-refractivity contribution >= 4 is 33.2 Å². The minimum absolute atomic E-state index is 0.0828. The van der Waals surface area contributed by atoms with Gasteiger partial charge in [0.05, 0.1) is 16.3 Å². The maximum Gasteiger partial charge on any atom is 0.263 e. The summed E-state index contributed by atoms with van der Waals surface area (Å²) in [5.74, 6) is -1.11. The van der Waals surface area contributed by atoms with E-state index in [9.17, 15) is 17.6 Å². The van der Waals surface area contributed by atoms with Gasteiger partial charge in [0.2, 0.25) is 0 Å². The lowest BCUT2D eigenvalue weighted by molar-refractivity contribution is 0.0959. The molecule has 0 spiro atoms. The molecule has 0 saturated heterocycles. The highest BCUT2D eigenvalue weighted by molar-refractivity contribution is 7.92. The highest BCUT2D eigenvalue weighted by atomic mass is 35.5. The molecule has 2 aromatic rings. The minimum Gasteiger partial charge on any atom is -0.349 e. The summed E-state index contributed by atoms with van der Waals surface area (Å²) in [6, 6.07) is 9.04. The molecule has 0 aliphatic carbocycles. The SMILES string of the molecule is C=CCNC(=O)c1ccccc1NS(=O)(=O)c1ccc(F)cc1Cl. The molecule has 2 rings (SSSR count). The van der Waals surface area contributed by atoms with Crippen LogP contribution in [0.1, 0.15) is 10.4 Å². The van der Waals surface area contributed by atoms with Crippen LogP contribution in [0, 0.1) is 5.82 Å². The van der Waals surface area contributed by atoms with E-state index < -0.39 is 21.7 Å². The summed E-state index contributed by atoms with van der Waals surface area (Å²) in [5, 5.41) is 2.31. The molecule has 0 atom stereocenters. The molecule has 8 heteroatoms. The zero-order valence-electron chi connectivity index (χ0n) is 12.4. The minimum atomic E-state index is -4.09. The maximum atomic E-state index is 13.1. The smallest absolute Gasteiger partial charge is 0.263 e. The third kappa shape index (κ3) is 4.12. The van der Waals surface area contributed by atoms with Crippen LogP contribution in [0.3, 0.4) is 0 Å². The van der Waals surface area contributed by atoms with Crippen molar-refractivity contribution < 1.29 is 17.6 Å². The second-order valence-electron chi connectivity index (χ2n) is 4.72. The first-order valence-corrected chi connectivity index (χ1v) is 8.67. The fraction of sp³-hybridized carbons (Fsp3) is 0.0625. The standard InChI is InChI=1S/C16H14ClFN2O3S/c1-2-9-19-16(21)12-5-3-4-6-14(12)20-24(22,23)15-8-7-11(18)10-13(15)17/h2-8,10,20H,1,9H2,(H,19,21). The van der Waals surface area contributed by atoms with Crippen LogP contribution in [0.4, 0.5) is 10.1 Å². The van der Waals surface area contributed by atoms with Gasteiger partial charge < -0.3 is 5.32 Å². The van der Waals surface area contributed by atoms with Gasteiger partial charge in [-0.2, -0.15) is 0 Å². The van der Waals surface area contributed by atoms with E-state index in [2.05, 4.69) is 16.6 Å². The summed E-state index contributed by atoms with van der Waals surface area (Å²) in [5.41, 5.74) is 0.223. The van der Waals surface area contributed by atoms with Gasteiger partial charge in [-0.25, -0.2) is 12.8 Å². The van der Waals surface area contributed by atoms with E-state index in [1.54, 1.807) is 12.1 Å². The molecule has 0 radical (unpaired) electrons. The number of halogens is 2. The number of hydrogen-bond donors (Lipinski definition) is 2. The van der Waals surface area contributed by atoms with Crippen LogP contribution < -0.4 is 10.0 Å². The van der Waals surface area contributed by atoms with Gasteiger partial charge in [-0.3, -0.25) is 9.52 Å². The quantitative estimate of drug-likeness (QED) is 0.769. The predicted octanol–water partition coefficient (Wildman–Crippen LogP) is 3.20. The molecule has 0 heterocycles. The van der Waals surface area contributed by atoms with E-state index in [-0.39, 0.29) is 27.7 Å². The number of para-hydroxylation sites is 1. The summed E-state index contributed by atoms with van der Waals surface area (Å²) in [4.78, 5) is 11.8. The first-order valence-electron chi connectivity index (χ1n) is 6.81. The van der Waals surface area contributed by atoms with Crippen LogP contribution in [-0.2, 0) is 10.0 Å². The number of carbonyl (C=O) groups excluding carboxylic acids is 1. The molecule has 0 fully saturated rings. The van der Waals surface area contributed by atoms with Crippen molar-refractivity contribution in [3.63, 3.8) is 0 Å². The first kappa shape index (κ1) is 18.0. The van der Waals surface area contributed by atoms with Gasteiger partial charge in [-0.15, -0.1) is 6.58 Å². The molecule has 126 valence electrons. The number of amides is 1. The number of benzene rings is 2. The molecule has 0 unspecified atom stereocenters. The molecule has 2 N–H and O–H groups in total. The normalized spacial score (nSPS) is 10.9. The summed E-state index contributed by atoms with van der Waals surface area (Å²) in [7, 11) is -4.09. The van der Waals surface area contributed by atoms with E-state index in [1.165, 1.54) is 18.2 Å². The molecule has 0 aliphatic heterocycles. The molecule has 2 aromatic carbocycles. The third-order valence-electron chi connectivity index (χ3n) is 3.01. The summed E-state index contributed by atoms with van der Waals surface area (Å²) < 4.78 is 40.3. The van der Waals surface area contributed by atoms with Crippen molar-refractivity contribution in [2.24, 2.45) is 0 Å². The number of carbonyl (C=O) groups is 1. The summed E-state index contributed by atoms with van der Waals surface area (Å²) in [6.07, 6.45) is 1.50. The maximum absolute atomic E-state index is 13.1. The second-order valence-corrected chi connectivity index (χ2v) is 6.78. The molecule has 0 saturated carbocycles. The number of sulfonamides is 1. The molecular formula is C16H14ClFN2O3S. The fourth-order valence-electron chi connectivity index (χ4n) is 1.92. The van der Waals surface area contributed by atoms with Gasteiger partial charge in [0.1, 0.15) is 10.7 Å². The largest absolute Gasteiger partial charge is 0.349 e. The average molecular weight is 369 g/mol. The van der Waals surface area contributed by atoms with Crippen molar-refractivity contribution in [3.8, 4) is 0 Å². The Morgan fingerprint density at radius 1 is 1.25 bits per heavy atom. The molecule has 5 nitrogen and oxygen atoms in total. The Balaban J connectivity index is 2.36. The third-order valence-corrected chi connectivity index (χ3v) is 4.85. The summed E-state index contributed by atoms with van der Waals surface area (Å²) >= 11 is 5.80. The van der Waals surface area contributed by atoms with E-state index in [4.69, 9.17) is 11.6 Å². The molecular weight excluding hydrogens is 355 g/mol. The van der Waals surface area contributed by atoms with Gasteiger partial charge >= 0.3 is 0 Å². The van der Waals surface area contributed by atoms with Crippen LogP contribution in [0.2, 0.25) is 5.02 Å². The van der Waals surface area contributed by atoms with Gasteiger partial charge in [-0.05, 0) is 30.3 Å². The predicted molar refractivity (Wildman–Crippen MR) is 91.2 cm³/mol. The van der Waals surface area contributed by atoms with Gasteiger partial charge in [0, 0.05) is 6.54 Å². The Labute approximate surface area is 144 Å². The van der Waals surface area contributed by atoms with Gasteiger partial charge in [0.15, 0.2) is 0 Å². The molecule has 0 aromatic heterocycles. The van der Waals surface area contributed by atoms with Crippen LogP contribution in [0.5, 0.6) is 0 Å². The van der Waals surface area contributed by atoms with Crippen LogP contribution in [0.15, 0.2) is 60.0 Å². The Kier molecular flexibility index (Phi) is 5.58. The lowest BCUT2D eigenvalue weighted by atomic mass is 10.1. The van der Waals surface area contributed by atoms with E-state index in [1.807, 2.05) is 0 Å². The zero-order chi connectivity index (χ0) is 17.7. The van der Waals surface area contributed by atoms with Crippen molar-refractivity contribution in [3.05, 3.63) is 71.5 Å². The number of rotatable bonds is 6. The Morgan fingerprint density at radius 2 is 1.96 bits per heavy atom. The monoisotopic (exact) mass is 368 g/mol. The van der Waals surface area contributed by atoms with E-state index in [0.29, 0.717) is 0 Å². The lowest BCUT2D eigenvalue weighted by Crippen LogP contribution is -2.25. The number of hydrogen-bond acceptors (Lipinski definition) is 3. The zero-order valence-corrected chi connectivity index (χ0v) is 14.0. The molecule has 1 amide bonds. The first-order chi connectivity index (χ1) is 11.3. The van der Waals surface area contributed by atoms with Crippen LogP contribution in [0.25, 0.3) is 0 Å². The van der Waals surface area contributed by atoms with Crippen LogP contribution in [-0.4, -0.2) is 20.9 Å². The summed E-state index contributed by atoms with van der Waals surface area (Å²) in [6.45, 7) is 3.73. The van der Waals surface area contributed by atoms with E-state index in [0.717, 1.165) is 18.2 Å². The Morgan fingerprint density at radius 3 is 2.62 bits per heavy atom. The Hall–Kier alpha value is -2.38. The highest BCUT2D eigenvalue weighted by Gasteiger charge is 2.21. The topological polar surface area (TPSA) is 75.3 Å². The molecule has 24 heavy (non-hydrogen) atoms. The number of nitrogens with one attached hydrogen (secondary N) is 2.